The van der Waals surface area contributed by atoms with E-state index < -0.39 is 0 Å². The summed E-state index contributed by atoms with van der Waals surface area (Å²) in [6.45, 7) is 6.62. The lowest BCUT2D eigenvalue weighted by Gasteiger charge is -2.25. The van der Waals surface area contributed by atoms with Gasteiger partial charge in [0, 0.05) is 0 Å². The number of nitrogens with zero attached hydrogens (tertiary/aromatic N) is 1. The normalized spacial score (nSPS) is 21.2. The minimum Gasteiger partial charge on any atom is -0.198 e. The van der Waals surface area contributed by atoms with Gasteiger partial charge in [-0.1, -0.05) is 32.4 Å². The van der Waals surface area contributed by atoms with Crippen molar-refractivity contribution in [2.24, 2.45) is 17.8 Å². The van der Waals surface area contributed by atoms with Gasteiger partial charge in [0.2, 0.25) is 0 Å². The van der Waals surface area contributed by atoms with Gasteiger partial charge in [-0.05, 0) is 37.5 Å². The molecule has 0 fully saturated rings. The van der Waals surface area contributed by atoms with E-state index in [-0.39, 0.29) is 5.92 Å². The van der Waals surface area contributed by atoms with Crippen LogP contribution in [0.2, 0.25) is 0 Å². The van der Waals surface area contributed by atoms with Crippen molar-refractivity contribution in [3.63, 3.8) is 0 Å². The van der Waals surface area contributed by atoms with Crippen LogP contribution in [0.5, 0.6) is 0 Å². The summed E-state index contributed by atoms with van der Waals surface area (Å²) >= 11 is 0. The summed E-state index contributed by atoms with van der Waals surface area (Å²) in [6.07, 6.45) is 7.20. The molecule has 0 aromatic carbocycles. The molecule has 2 atom stereocenters. The van der Waals surface area contributed by atoms with E-state index in [1.165, 1.54) is 24.8 Å². The van der Waals surface area contributed by atoms with Crippen molar-refractivity contribution in [1.82, 2.24) is 0 Å². The maximum Gasteiger partial charge on any atom is 0.0703 e. The van der Waals surface area contributed by atoms with Gasteiger partial charge in [-0.25, -0.2) is 0 Å². The molecule has 0 bridgehead atoms. The highest BCUT2D eigenvalue weighted by Gasteiger charge is 2.24. The molecule has 0 N–H and O–H groups in total. The van der Waals surface area contributed by atoms with Gasteiger partial charge in [0.1, 0.15) is 0 Å². The second-order valence-electron chi connectivity index (χ2n) is 4.73. The first-order valence-corrected chi connectivity index (χ1v) is 5.75. The Morgan fingerprint density at radius 1 is 1.29 bits per heavy atom. The third-order valence-electron chi connectivity index (χ3n) is 3.44. The molecule has 0 amide bonds. The van der Waals surface area contributed by atoms with Gasteiger partial charge in [-0.3, -0.25) is 0 Å². The van der Waals surface area contributed by atoms with Crippen LogP contribution < -0.4 is 0 Å². The molecule has 1 rings (SSSR count). The van der Waals surface area contributed by atoms with Crippen molar-refractivity contribution >= 4 is 0 Å². The van der Waals surface area contributed by atoms with E-state index in [0.29, 0.717) is 11.8 Å². The van der Waals surface area contributed by atoms with Crippen LogP contribution in [0.15, 0.2) is 11.6 Å². The Morgan fingerprint density at radius 2 is 2.00 bits per heavy atom. The van der Waals surface area contributed by atoms with Crippen LogP contribution in [0.1, 0.15) is 46.5 Å². The van der Waals surface area contributed by atoms with Crippen LogP contribution in [0.4, 0.5) is 0 Å². The first-order valence-electron chi connectivity index (χ1n) is 5.75. The first-order chi connectivity index (χ1) is 6.66. The lowest BCUT2D eigenvalue weighted by atomic mass is 9.78. The molecule has 0 radical (unpaired) electrons. The number of hydrogen-bond acceptors (Lipinski definition) is 1. The fourth-order valence-electron chi connectivity index (χ4n) is 2.07. The molecule has 0 spiro atoms. The van der Waals surface area contributed by atoms with Gasteiger partial charge in [0.15, 0.2) is 0 Å². The highest BCUT2D eigenvalue weighted by Crippen LogP contribution is 2.32. The van der Waals surface area contributed by atoms with Gasteiger partial charge in [-0.2, -0.15) is 5.26 Å². The maximum absolute atomic E-state index is 9.21. The van der Waals surface area contributed by atoms with Crippen molar-refractivity contribution < 1.29 is 0 Å². The molecule has 1 nitrogen and oxygen atoms in total. The number of hydrogen-bond donors (Lipinski definition) is 0. The molecule has 1 aliphatic rings. The van der Waals surface area contributed by atoms with Crippen LogP contribution in [0.3, 0.4) is 0 Å². The molecule has 0 aliphatic heterocycles. The van der Waals surface area contributed by atoms with E-state index in [1.807, 2.05) is 0 Å². The van der Waals surface area contributed by atoms with Crippen molar-refractivity contribution in [2.45, 2.75) is 46.5 Å². The molecule has 1 heteroatoms. The predicted molar refractivity (Wildman–Crippen MR) is 59.7 cm³/mol. The van der Waals surface area contributed by atoms with Crippen molar-refractivity contribution in [3.05, 3.63) is 11.6 Å². The second-order valence-corrected chi connectivity index (χ2v) is 4.73. The smallest absolute Gasteiger partial charge is 0.0703 e. The Morgan fingerprint density at radius 3 is 2.43 bits per heavy atom. The Kier molecular flexibility index (Phi) is 4.20. The Labute approximate surface area is 87.8 Å². The van der Waals surface area contributed by atoms with Gasteiger partial charge in [-0.15, -0.1) is 0 Å². The van der Waals surface area contributed by atoms with Crippen LogP contribution in [-0.4, -0.2) is 0 Å². The highest BCUT2D eigenvalue weighted by atomic mass is 14.3. The summed E-state index contributed by atoms with van der Waals surface area (Å²) < 4.78 is 0. The zero-order chi connectivity index (χ0) is 10.6. The fourth-order valence-corrected chi connectivity index (χ4v) is 2.07. The summed E-state index contributed by atoms with van der Waals surface area (Å²) in [6, 6.07) is 2.48. The molecular weight excluding hydrogens is 170 g/mol. The Bertz CT molecular complexity index is 244. The zero-order valence-corrected chi connectivity index (χ0v) is 9.59. The van der Waals surface area contributed by atoms with Crippen LogP contribution >= 0.6 is 0 Å². The van der Waals surface area contributed by atoms with E-state index in [1.54, 1.807) is 0 Å². The number of nitriles is 1. The molecular formula is C13H21N. The molecule has 1 aliphatic carbocycles. The molecule has 0 saturated carbocycles. The zero-order valence-electron chi connectivity index (χ0n) is 9.59. The maximum atomic E-state index is 9.21. The minimum absolute atomic E-state index is 0.162. The van der Waals surface area contributed by atoms with Crippen molar-refractivity contribution in [2.75, 3.05) is 0 Å². The lowest BCUT2D eigenvalue weighted by molar-refractivity contribution is 0.351. The summed E-state index contributed by atoms with van der Waals surface area (Å²) in [4.78, 5) is 0. The largest absolute Gasteiger partial charge is 0.198 e. The van der Waals surface area contributed by atoms with E-state index in [2.05, 4.69) is 32.9 Å². The van der Waals surface area contributed by atoms with Gasteiger partial charge in [0.25, 0.3) is 0 Å². The Balaban J connectivity index is 2.71. The number of rotatable bonds is 3. The molecule has 0 saturated heterocycles. The van der Waals surface area contributed by atoms with Crippen LogP contribution in [-0.2, 0) is 0 Å². The van der Waals surface area contributed by atoms with Crippen molar-refractivity contribution in [1.29, 1.82) is 5.26 Å². The summed E-state index contributed by atoms with van der Waals surface area (Å²) in [5, 5.41) is 9.21. The van der Waals surface area contributed by atoms with E-state index >= 15 is 0 Å². The van der Waals surface area contributed by atoms with Gasteiger partial charge >= 0.3 is 0 Å². The van der Waals surface area contributed by atoms with Gasteiger partial charge < -0.3 is 0 Å². The molecule has 2 unspecified atom stereocenters. The molecule has 0 heterocycles. The monoisotopic (exact) mass is 191 g/mol. The van der Waals surface area contributed by atoms with Gasteiger partial charge in [0.05, 0.1) is 12.0 Å². The summed E-state index contributed by atoms with van der Waals surface area (Å²) in [5.41, 5.74) is 1.40. The third-order valence-corrected chi connectivity index (χ3v) is 3.44. The molecule has 14 heavy (non-hydrogen) atoms. The summed E-state index contributed by atoms with van der Waals surface area (Å²) in [7, 11) is 0. The SMILES string of the molecule is CC(C)C(C)C(C#N)C1=CCCCC1. The van der Waals surface area contributed by atoms with E-state index in [9.17, 15) is 5.26 Å². The minimum atomic E-state index is 0.162. The lowest BCUT2D eigenvalue weighted by Crippen LogP contribution is -2.18. The molecule has 0 aromatic heterocycles. The average Bonchev–Trinajstić information content (AvgIpc) is 2.20. The van der Waals surface area contributed by atoms with Crippen LogP contribution in [0, 0.1) is 29.1 Å². The standard InChI is InChI=1S/C13H21N/c1-10(2)11(3)13(9-14)12-7-5-4-6-8-12/h7,10-11,13H,4-6,8H2,1-3H3. The first kappa shape index (κ1) is 11.3. The third kappa shape index (κ3) is 2.61. The quantitative estimate of drug-likeness (QED) is 0.620. The van der Waals surface area contributed by atoms with E-state index in [4.69, 9.17) is 0 Å². The second kappa shape index (κ2) is 5.20. The van der Waals surface area contributed by atoms with E-state index in [0.717, 1.165) is 6.42 Å². The summed E-state index contributed by atoms with van der Waals surface area (Å²) in [5.74, 6) is 1.25. The number of allylic oxidation sites excluding steroid dienone is 2. The molecule has 78 valence electrons. The van der Waals surface area contributed by atoms with Crippen LogP contribution in [0.25, 0.3) is 0 Å². The predicted octanol–water partition coefficient (Wildman–Crippen LogP) is 3.92. The fraction of sp³-hybridized carbons (Fsp3) is 0.769. The molecule has 0 aromatic rings. The highest BCUT2D eigenvalue weighted by molar-refractivity contribution is 5.17. The topological polar surface area (TPSA) is 23.8 Å². The Hall–Kier alpha value is -0.770. The van der Waals surface area contributed by atoms with Crippen molar-refractivity contribution in [3.8, 4) is 6.07 Å². The average molecular weight is 191 g/mol.